The molecule has 2 aliphatic heterocycles. The lowest BCUT2D eigenvalue weighted by molar-refractivity contribution is -0.0186. The Morgan fingerprint density at radius 3 is 2.56 bits per heavy atom. The summed E-state index contributed by atoms with van der Waals surface area (Å²) in [6, 6.07) is 0. The van der Waals surface area contributed by atoms with Gasteiger partial charge in [-0.3, -0.25) is 4.90 Å². The van der Waals surface area contributed by atoms with Gasteiger partial charge in [0.05, 0.1) is 25.4 Å². The van der Waals surface area contributed by atoms with Crippen LogP contribution in [0, 0.1) is 0 Å². The molecule has 2 N–H and O–H groups in total. The number of nitrogens with zero attached hydrogens (tertiary/aromatic N) is 1. The fourth-order valence-corrected chi connectivity index (χ4v) is 4.82. The van der Waals surface area contributed by atoms with E-state index >= 15 is 0 Å². The van der Waals surface area contributed by atoms with Crippen molar-refractivity contribution in [2.24, 2.45) is 0 Å². The molecular weight excluding hydrogens is 316 g/mol. The predicted molar refractivity (Wildman–Crippen MR) is 99.9 cm³/mol. The molecule has 0 spiro atoms. The van der Waals surface area contributed by atoms with Crippen LogP contribution in [-0.4, -0.2) is 73.8 Å². The molecule has 3 fully saturated rings. The lowest BCUT2D eigenvalue weighted by Gasteiger charge is -2.48. The summed E-state index contributed by atoms with van der Waals surface area (Å²) >= 11 is 0. The van der Waals surface area contributed by atoms with Gasteiger partial charge in [0.2, 0.25) is 0 Å². The molecular formula is C20H38N2O3. The Morgan fingerprint density at radius 1 is 1.08 bits per heavy atom. The number of hydrogen-bond acceptors (Lipinski definition) is 5. The maximum Gasteiger partial charge on any atom is 0.0897 e. The first kappa shape index (κ1) is 19.6. The molecule has 25 heavy (non-hydrogen) atoms. The summed E-state index contributed by atoms with van der Waals surface area (Å²) in [5.41, 5.74) is 0.330. The van der Waals surface area contributed by atoms with E-state index in [9.17, 15) is 5.11 Å². The van der Waals surface area contributed by atoms with Gasteiger partial charge in [0, 0.05) is 25.2 Å². The molecule has 146 valence electrons. The van der Waals surface area contributed by atoms with Crippen LogP contribution < -0.4 is 5.32 Å². The third-order valence-electron chi connectivity index (χ3n) is 6.28. The molecule has 1 saturated carbocycles. The molecule has 0 radical (unpaired) electrons. The van der Waals surface area contributed by atoms with E-state index < -0.39 is 6.10 Å². The quantitative estimate of drug-likeness (QED) is 0.665. The van der Waals surface area contributed by atoms with Gasteiger partial charge in [-0.15, -0.1) is 0 Å². The second-order valence-corrected chi connectivity index (χ2v) is 8.29. The first-order chi connectivity index (χ1) is 12.3. The van der Waals surface area contributed by atoms with Crippen molar-refractivity contribution in [2.75, 3.05) is 46.0 Å². The fraction of sp³-hybridized carbons (Fsp3) is 1.00. The second kappa shape index (κ2) is 10.2. The van der Waals surface area contributed by atoms with Gasteiger partial charge < -0.3 is 19.9 Å². The lowest BCUT2D eigenvalue weighted by Crippen LogP contribution is -2.58. The van der Waals surface area contributed by atoms with Crippen LogP contribution in [0.2, 0.25) is 0 Å². The third kappa shape index (κ3) is 5.90. The van der Waals surface area contributed by atoms with E-state index in [0.717, 1.165) is 26.0 Å². The van der Waals surface area contributed by atoms with Crippen molar-refractivity contribution in [3.63, 3.8) is 0 Å². The standard InChI is InChI=1S/C20H38N2O3/c23-18(15-24-16-19-8-7-13-25-19)14-21-17-20(9-3-1-4-10-20)22-11-5-2-6-12-22/h18-19,21,23H,1-17H2/t18-,19-/m1/s1. The number of nitrogens with one attached hydrogen (secondary N) is 1. The second-order valence-electron chi connectivity index (χ2n) is 8.29. The molecule has 0 aromatic rings. The molecule has 1 aliphatic carbocycles. The molecule has 2 saturated heterocycles. The highest BCUT2D eigenvalue weighted by Gasteiger charge is 2.37. The third-order valence-corrected chi connectivity index (χ3v) is 6.28. The van der Waals surface area contributed by atoms with E-state index in [-0.39, 0.29) is 6.10 Å². The van der Waals surface area contributed by atoms with Crippen LogP contribution in [0.15, 0.2) is 0 Å². The minimum atomic E-state index is -0.427. The average molecular weight is 355 g/mol. The van der Waals surface area contributed by atoms with E-state index in [1.807, 2.05) is 0 Å². The molecule has 5 heteroatoms. The Kier molecular flexibility index (Phi) is 7.99. The molecule has 3 rings (SSSR count). The van der Waals surface area contributed by atoms with Gasteiger partial charge in [-0.05, 0) is 51.6 Å². The summed E-state index contributed by atoms with van der Waals surface area (Å²) < 4.78 is 11.2. The van der Waals surface area contributed by atoms with Crippen molar-refractivity contribution in [1.29, 1.82) is 0 Å². The topological polar surface area (TPSA) is 54.0 Å². The Morgan fingerprint density at radius 2 is 1.84 bits per heavy atom. The van der Waals surface area contributed by atoms with Crippen molar-refractivity contribution in [3.05, 3.63) is 0 Å². The monoisotopic (exact) mass is 354 g/mol. The average Bonchev–Trinajstić information content (AvgIpc) is 3.17. The van der Waals surface area contributed by atoms with E-state index in [0.29, 0.717) is 25.3 Å². The first-order valence-corrected chi connectivity index (χ1v) is 10.6. The minimum absolute atomic E-state index is 0.241. The van der Waals surface area contributed by atoms with Gasteiger partial charge in [0.25, 0.3) is 0 Å². The van der Waals surface area contributed by atoms with E-state index in [2.05, 4.69) is 10.2 Å². The molecule has 3 aliphatic rings. The van der Waals surface area contributed by atoms with Crippen molar-refractivity contribution in [1.82, 2.24) is 10.2 Å². The zero-order valence-corrected chi connectivity index (χ0v) is 15.9. The Bertz CT molecular complexity index is 362. The maximum atomic E-state index is 10.2. The van der Waals surface area contributed by atoms with Crippen molar-refractivity contribution >= 4 is 0 Å². The minimum Gasteiger partial charge on any atom is -0.389 e. The van der Waals surface area contributed by atoms with Gasteiger partial charge >= 0.3 is 0 Å². The maximum absolute atomic E-state index is 10.2. The van der Waals surface area contributed by atoms with Crippen molar-refractivity contribution in [3.8, 4) is 0 Å². The molecule has 2 atom stereocenters. The van der Waals surface area contributed by atoms with Crippen LogP contribution in [0.4, 0.5) is 0 Å². The summed E-state index contributed by atoms with van der Waals surface area (Å²) in [4.78, 5) is 2.75. The smallest absolute Gasteiger partial charge is 0.0897 e. The summed E-state index contributed by atoms with van der Waals surface area (Å²) in [6.07, 6.45) is 12.8. The van der Waals surface area contributed by atoms with E-state index in [4.69, 9.17) is 9.47 Å². The molecule has 0 aromatic carbocycles. The lowest BCUT2D eigenvalue weighted by atomic mass is 9.79. The Labute approximate surface area is 153 Å². The number of ether oxygens (including phenoxy) is 2. The van der Waals surface area contributed by atoms with Gasteiger partial charge in [-0.25, -0.2) is 0 Å². The number of aliphatic hydroxyl groups is 1. The van der Waals surface area contributed by atoms with Crippen LogP contribution in [0.1, 0.15) is 64.2 Å². The van der Waals surface area contributed by atoms with Crippen LogP contribution >= 0.6 is 0 Å². The summed E-state index contributed by atoms with van der Waals surface area (Å²) in [5.74, 6) is 0. The SMILES string of the molecule is O[C@H](CNCC1(N2CCCCC2)CCCCC1)COC[C@H]1CCCO1. The highest BCUT2D eigenvalue weighted by molar-refractivity contribution is 4.96. The number of likely N-dealkylation sites (tertiary alicyclic amines) is 1. The van der Waals surface area contributed by atoms with E-state index in [1.165, 1.54) is 64.5 Å². The van der Waals surface area contributed by atoms with Crippen molar-refractivity contribution in [2.45, 2.75) is 82.0 Å². The Hall–Kier alpha value is -0.200. The number of rotatable bonds is 9. The summed E-state index contributed by atoms with van der Waals surface area (Å²) in [5, 5.41) is 13.8. The number of aliphatic hydroxyl groups excluding tert-OH is 1. The van der Waals surface area contributed by atoms with Gasteiger partial charge in [-0.2, -0.15) is 0 Å². The molecule has 5 nitrogen and oxygen atoms in total. The van der Waals surface area contributed by atoms with Crippen LogP contribution in [-0.2, 0) is 9.47 Å². The predicted octanol–water partition coefficient (Wildman–Crippen LogP) is 2.32. The van der Waals surface area contributed by atoms with Crippen LogP contribution in [0.25, 0.3) is 0 Å². The number of hydrogen-bond donors (Lipinski definition) is 2. The van der Waals surface area contributed by atoms with Gasteiger partial charge in [-0.1, -0.05) is 25.7 Å². The summed E-state index contributed by atoms with van der Waals surface area (Å²) in [6.45, 7) is 6.04. The largest absolute Gasteiger partial charge is 0.389 e. The van der Waals surface area contributed by atoms with Gasteiger partial charge in [0.15, 0.2) is 0 Å². The zero-order valence-electron chi connectivity index (χ0n) is 15.9. The molecule has 0 bridgehead atoms. The first-order valence-electron chi connectivity index (χ1n) is 10.6. The van der Waals surface area contributed by atoms with Crippen LogP contribution in [0.5, 0.6) is 0 Å². The molecule has 0 unspecified atom stereocenters. The molecule has 0 aromatic heterocycles. The fourth-order valence-electron chi connectivity index (χ4n) is 4.82. The Balaban J connectivity index is 1.36. The molecule has 2 heterocycles. The van der Waals surface area contributed by atoms with Gasteiger partial charge in [0.1, 0.15) is 0 Å². The van der Waals surface area contributed by atoms with Crippen LogP contribution in [0.3, 0.4) is 0 Å². The van der Waals surface area contributed by atoms with Crippen molar-refractivity contribution < 1.29 is 14.6 Å². The number of piperidine rings is 1. The zero-order chi connectivity index (χ0) is 17.4. The highest BCUT2D eigenvalue weighted by Crippen LogP contribution is 2.35. The molecule has 0 amide bonds. The normalized spacial score (nSPS) is 28.9. The van der Waals surface area contributed by atoms with E-state index in [1.54, 1.807) is 0 Å². The highest BCUT2D eigenvalue weighted by atomic mass is 16.5. The summed E-state index contributed by atoms with van der Waals surface area (Å²) in [7, 11) is 0.